The van der Waals surface area contributed by atoms with Gasteiger partial charge in [0.15, 0.2) is 0 Å². The number of hydrogen-bond acceptors (Lipinski definition) is 4. The molecule has 3 aliphatic carbocycles. The molecule has 3 fully saturated rings. The Hall–Kier alpha value is -3.24. The van der Waals surface area contributed by atoms with E-state index in [0.29, 0.717) is 30.5 Å². The third-order valence-electron chi connectivity index (χ3n) is 6.47. The minimum atomic E-state index is -0.804. The first kappa shape index (κ1) is 19.7. The van der Waals surface area contributed by atoms with Gasteiger partial charge in [-0.2, -0.15) is 0 Å². The highest BCUT2D eigenvalue weighted by Crippen LogP contribution is 2.73. The molecule has 0 atom stereocenters. The van der Waals surface area contributed by atoms with Gasteiger partial charge in [0, 0.05) is 15.5 Å². The van der Waals surface area contributed by atoms with E-state index in [1.54, 1.807) is 17.9 Å². The van der Waals surface area contributed by atoms with Crippen molar-refractivity contribution in [3.05, 3.63) is 48.0 Å². The predicted molar refractivity (Wildman–Crippen MR) is 117 cm³/mol. The summed E-state index contributed by atoms with van der Waals surface area (Å²) in [6, 6.07) is 13.0. The SMILES string of the molecule is CC#CCN1C(=O)c2ccccc2Sc2cc(NC(=O)C34CC(C(=O)O)(C3)C4)ccc21. The maximum Gasteiger partial charge on any atom is 0.309 e. The van der Waals surface area contributed by atoms with Crippen LogP contribution >= 0.6 is 11.8 Å². The van der Waals surface area contributed by atoms with E-state index in [2.05, 4.69) is 17.2 Å². The van der Waals surface area contributed by atoms with Crippen molar-refractivity contribution in [2.45, 2.75) is 36.0 Å². The van der Waals surface area contributed by atoms with Crippen LogP contribution in [0.4, 0.5) is 11.4 Å². The second-order valence-corrected chi connectivity index (χ2v) is 9.53. The Labute approximate surface area is 184 Å². The summed E-state index contributed by atoms with van der Waals surface area (Å²) in [5, 5.41) is 12.3. The number of hydrogen-bond donors (Lipinski definition) is 2. The summed E-state index contributed by atoms with van der Waals surface area (Å²) >= 11 is 1.49. The van der Waals surface area contributed by atoms with E-state index in [-0.39, 0.29) is 18.4 Å². The molecule has 0 saturated heterocycles. The molecule has 0 spiro atoms. The molecule has 2 N–H and O–H groups in total. The Morgan fingerprint density at radius 2 is 1.87 bits per heavy atom. The molecule has 6 nitrogen and oxygen atoms in total. The fraction of sp³-hybridized carbons (Fsp3) is 0.292. The Morgan fingerprint density at radius 1 is 1.13 bits per heavy atom. The number of carbonyl (C=O) groups excluding carboxylic acids is 2. The molecule has 7 heteroatoms. The smallest absolute Gasteiger partial charge is 0.309 e. The fourth-order valence-electron chi connectivity index (χ4n) is 4.84. The van der Waals surface area contributed by atoms with Crippen LogP contribution < -0.4 is 10.2 Å². The van der Waals surface area contributed by atoms with E-state index in [0.717, 1.165) is 15.5 Å². The van der Waals surface area contributed by atoms with Gasteiger partial charge in [0.25, 0.3) is 5.91 Å². The van der Waals surface area contributed by atoms with Crippen LogP contribution in [0.2, 0.25) is 0 Å². The van der Waals surface area contributed by atoms with Crippen LogP contribution in [0.15, 0.2) is 52.3 Å². The molecular formula is C24H20N2O4S. The molecule has 2 amide bonds. The molecule has 6 rings (SSSR count). The average molecular weight is 433 g/mol. The molecule has 3 saturated carbocycles. The van der Waals surface area contributed by atoms with E-state index in [1.165, 1.54) is 11.8 Å². The Balaban J connectivity index is 1.44. The zero-order valence-corrected chi connectivity index (χ0v) is 17.7. The molecule has 0 radical (unpaired) electrons. The maximum absolute atomic E-state index is 13.2. The standard InChI is InChI=1S/C24H20N2O4S/c1-2-3-10-26-17-9-8-15(25-21(28)23-12-24(13-23,14-23)22(29)30)11-19(17)31-18-7-5-4-6-16(18)20(26)27/h4-9,11H,10,12-14H2,1H3,(H,25,28)(H,29,30). The Morgan fingerprint density at radius 3 is 2.58 bits per heavy atom. The number of carboxylic acids is 1. The van der Waals surface area contributed by atoms with Crippen molar-refractivity contribution in [3.8, 4) is 11.8 Å². The topological polar surface area (TPSA) is 86.7 Å². The monoisotopic (exact) mass is 432 g/mol. The minimum absolute atomic E-state index is 0.103. The van der Waals surface area contributed by atoms with Crippen LogP contribution in [0.25, 0.3) is 0 Å². The highest BCUT2D eigenvalue weighted by atomic mass is 32.2. The summed E-state index contributed by atoms with van der Waals surface area (Å²) < 4.78 is 0. The van der Waals surface area contributed by atoms with E-state index in [9.17, 15) is 19.5 Å². The van der Waals surface area contributed by atoms with Crippen molar-refractivity contribution >= 4 is 40.9 Å². The number of fused-ring (bicyclic) bond motifs is 2. The number of anilines is 2. The number of rotatable bonds is 4. The lowest BCUT2D eigenvalue weighted by Crippen LogP contribution is -2.69. The molecule has 156 valence electrons. The lowest BCUT2D eigenvalue weighted by molar-refractivity contribution is -0.217. The third-order valence-corrected chi connectivity index (χ3v) is 7.59. The van der Waals surface area contributed by atoms with E-state index in [1.807, 2.05) is 36.4 Å². The van der Waals surface area contributed by atoms with Gasteiger partial charge in [-0.25, -0.2) is 0 Å². The maximum atomic E-state index is 13.2. The quantitative estimate of drug-likeness (QED) is 0.713. The Kier molecular flexibility index (Phi) is 4.38. The van der Waals surface area contributed by atoms with Crippen LogP contribution in [-0.2, 0) is 9.59 Å². The summed E-state index contributed by atoms with van der Waals surface area (Å²) in [5.41, 5.74) is 0.774. The summed E-state index contributed by atoms with van der Waals surface area (Å²) in [6.07, 6.45) is 1.23. The van der Waals surface area contributed by atoms with Gasteiger partial charge >= 0.3 is 5.97 Å². The number of aliphatic carboxylic acids is 1. The van der Waals surface area contributed by atoms with Crippen LogP contribution in [0, 0.1) is 22.7 Å². The average Bonchev–Trinajstić information content (AvgIpc) is 2.78. The van der Waals surface area contributed by atoms with Crippen molar-refractivity contribution in [2.24, 2.45) is 10.8 Å². The van der Waals surface area contributed by atoms with Crippen molar-refractivity contribution in [3.63, 3.8) is 0 Å². The summed E-state index contributed by atoms with van der Waals surface area (Å²) in [5.74, 6) is 4.79. The van der Waals surface area contributed by atoms with Gasteiger partial charge in [0.2, 0.25) is 5.91 Å². The van der Waals surface area contributed by atoms with Gasteiger partial charge in [-0.15, -0.1) is 5.92 Å². The van der Waals surface area contributed by atoms with Crippen LogP contribution in [0.5, 0.6) is 0 Å². The van der Waals surface area contributed by atoms with Crippen molar-refractivity contribution in [2.75, 3.05) is 16.8 Å². The number of amides is 2. The molecular weight excluding hydrogens is 412 g/mol. The van der Waals surface area contributed by atoms with E-state index in [4.69, 9.17) is 0 Å². The van der Waals surface area contributed by atoms with Crippen LogP contribution in [0.1, 0.15) is 36.5 Å². The van der Waals surface area contributed by atoms with Gasteiger partial charge in [-0.05, 0) is 56.5 Å². The third kappa shape index (κ3) is 2.94. The zero-order chi connectivity index (χ0) is 21.8. The first-order valence-electron chi connectivity index (χ1n) is 10.0. The van der Waals surface area contributed by atoms with Gasteiger partial charge in [-0.1, -0.05) is 29.8 Å². The molecule has 2 aromatic rings. The van der Waals surface area contributed by atoms with Gasteiger partial charge in [-0.3, -0.25) is 19.3 Å². The highest BCUT2D eigenvalue weighted by molar-refractivity contribution is 7.99. The number of nitrogens with one attached hydrogen (secondary N) is 1. The molecule has 2 aromatic carbocycles. The first-order valence-corrected chi connectivity index (χ1v) is 10.9. The molecule has 1 heterocycles. The van der Waals surface area contributed by atoms with Gasteiger partial charge in [0.1, 0.15) is 0 Å². The number of carboxylic acid groups (broad SMARTS) is 1. The highest BCUT2D eigenvalue weighted by Gasteiger charge is 2.75. The molecule has 4 aliphatic rings. The molecule has 0 unspecified atom stereocenters. The minimum Gasteiger partial charge on any atom is -0.481 e. The number of benzene rings is 2. The van der Waals surface area contributed by atoms with Crippen LogP contribution in [-0.4, -0.2) is 29.4 Å². The second-order valence-electron chi connectivity index (χ2n) is 8.45. The van der Waals surface area contributed by atoms with E-state index >= 15 is 0 Å². The predicted octanol–water partition coefficient (Wildman–Crippen LogP) is 4.01. The van der Waals surface area contributed by atoms with Crippen LogP contribution in [0.3, 0.4) is 0 Å². The summed E-state index contributed by atoms with van der Waals surface area (Å²) in [4.78, 5) is 40.7. The van der Waals surface area contributed by atoms with Crippen molar-refractivity contribution in [1.29, 1.82) is 0 Å². The van der Waals surface area contributed by atoms with E-state index < -0.39 is 16.8 Å². The molecule has 1 aliphatic heterocycles. The molecule has 0 aromatic heterocycles. The fourth-order valence-corrected chi connectivity index (χ4v) is 5.95. The summed E-state index contributed by atoms with van der Waals surface area (Å²) in [7, 11) is 0. The molecule has 2 bridgehead atoms. The number of nitrogens with zero attached hydrogens (tertiary/aromatic N) is 1. The lowest BCUT2D eigenvalue weighted by Gasteiger charge is -2.66. The van der Waals surface area contributed by atoms with Crippen molar-refractivity contribution in [1.82, 2.24) is 0 Å². The molecule has 31 heavy (non-hydrogen) atoms. The normalized spacial score (nSPS) is 24.9. The zero-order valence-electron chi connectivity index (χ0n) is 16.9. The number of carbonyl (C=O) groups is 3. The second kappa shape index (κ2) is 6.89. The largest absolute Gasteiger partial charge is 0.481 e. The first-order chi connectivity index (χ1) is 14.9. The van der Waals surface area contributed by atoms with Crippen molar-refractivity contribution < 1.29 is 19.5 Å². The van der Waals surface area contributed by atoms with Gasteiger partial charge < -0.3 is 10.4 Å². The Bertz CT molecular complexity index is 1190. The lowest BCUT2D eigenvalue weighted by atomic mass is 9.35. The van der Waals surface area contributed by atoms with Gasteiger partial charge in [0.05, 0.1) is 28.6 Å². The summed E-state index contributed by atoms with van der Waals surface area (Å²) in [6.45, 7) is 2.02.